The number of rotatable bonds is 8. The van der Waals surface area contributed by atoms with Crippen LogP contribution in [0.2, 0.25) is 0 Å². The summed E-state index contributed by atoms with van der Waals surface area (Å²) in [6.45, 7) is 2.74. The summed E-state index contributed by atoms with van der Waals surface area (Å²) >= 11 is 1.64. The van der Waals surface area contributed by atoms with Crippen LogP contribution in [0.1, 0.15) is 49.6 Å². The van der Waals surface area contributed by atoms with Gasteiger partial charge in [0.1, 0.15) is 5.37 Å². The van der Waals surface area contributed by atoms with Gasteiger partial charge in [0.25, 0.3) is 5.91 Å². The molecule has 186 valence electrons. The lowest BCUT2D eigenvalue weighted by Gasteiger charge is -2.25. The van der Waals surface area contributed by atoms with E-state index in [9.17, 15) is 9.59 Å². The molecule has 2 atom stereocenters. The number of hydrogen-bond donors (Lipinski definition) is 1. The zero-order valence-electron chi connectivity index (χ0n) is 20.8. The topological polar surface area (TPSA) is 49.4 Å². The molecule has 0 spiro atoms. The second kappa shape index (κ2) is 11.5. The van der Waals surface area contributed by atoms with Gasteiger partial charge in [-0.3, -0.25) is 9.59 Å². The molecule has 5 rings (SSSR count). The van der Waals surface area contributed by atoms with Crippen molar-refractivity contribution in [3.63, 3.8) is 0 Å². The molecule has 0 aromatic heterocycles. The standard InChI is InChI=1S/C32H30N2O2S/c1-23-10-8-9-15-28(23)30(25-13-6-3-7-14-25)33-31(36)26-16-18-27(19-17-26)32-34(29(35)22-37-32)21-20-24-11-4-2-5-12-24/h2-19,30,32H,20-22H2,1H3,(H,33,36)/t30-,32+/m1/s1. The predicted molar refractivity (Wildman–Crippen MR) is 150 cm³/mol. The molecule has 1 fully saturated rings. The lowest BCUT2D eigenvalue weighted by Crippen LogP contribution is -2.31. The smallest absolute Gasteiger partial charge is 0.252 e. The third-order valence-corrected chi connectivity index (χ3v) is 8.07. The van der Waals surface area contributed by atoms with Crippen molar-refractivity contribution < 1.29 is 9.59 Å². The Balaban J connectivity index is 1.31. The summed E-state index contributed by atoms with van der Waals surface area (Å²) in [7, 11) is 0. The van der Waals surface area contributed by atoms with E-state index in [0.29, 0.717) is 17.9 Å². The van der Waals surface area contributed by atoms with Crippen LogP contribution in [-0.2, 0) is 11.2 Å². The monoisotopic (exact) mass is 506 g/mol. The molecule has 4 nitrogen and oxygen atoms in total. The van der Waals surface area contributed by atoms with Crippen molar-refractivity contribution in [1.29, 1.82) is 0 Å². The Morgan fingerprint density at radius 2 is 1.54 bits per heavy atom. The third-order valence-electron chi connectivity index (χ3n) is 6.82. The molecular weight excluding hydrogens is 476 g/mol. The Bertz CT molecular complexity index is 1360. The molecule has 1 N–H and O–H groups in total. The van der Waals surface area contributed by atoms with Crippen molar-refractivity contribution in [3.05, 3.63) is 143 Å². The molecule has 0 unspecified atom stereocenters. The van der Waals surface area contributed by atoms with Crippen molar-refractivity contribution in [2.75, 3.05) is 12.3 Å². The van der Waals surface area contributed by atoms with Gasteiger partial charge in [-0.05, 0) is 53.3 Å². The number of thioether (sulfide) groups is 1. The van der Waals surface area contributed by atoms with Gasteiger partial charge in [-0.2, -0.15) is 0 Å². The first kappa shape index (κ1) is 24.8. The van der Waals surface area contributed by atoms with Crippen LogP contribution >= 0.6 is 11.8 Å². The molecule has 0 radical (unpaired) electrons. The molecule has 2 amide bonds. The summed E-state index contributed by atoms with van der Waals surface area (Å²) in [5.74, 6) is 0.521. The molecule has 1 saturated heterocycles. The first-order valence-corrected chi connectivity index (χ1v) is 13.6. The molecule has 0 bridgehead atoms. The first-order valence-electron chi connectivity index (χ1n) is 12.6. The van der Waals surface area contributed by atoms with E-state index in [0.717, 1.165) is 28.7 Å². The highest BCUT2D eigenvalue weighted by Gasteiger charge is 2.32. The Morgan fingerprint density at radius 1 is 0.892 bits per heavy atom. The fourth-order valence-electron chi connectivity index (χ4n) is 4.78. The van der Waals surface area contributed by atoms with E-state index in [1.807, 2.05) is 89.8 Å². The van der Waals surface area contributed by atoms with Crippen molar-refractivity contribution in [1.82, 2.24) is 10.2 Å². The van der Waals surface area contributed by atoms with Crippen molar-refractivity contribution in [2.45, 2.75) is 24.8 Å². The van der Waals surface area contributed by atoms with Gasteiger partial charge < -0.3 is 10.2 Å². The molecule has 0 aliphatic carbocycles. The van der Waals surface area contributed by atoms with E-state index in [-0.39, 0.29) is 23.2 Å². The summed E-state index contributed by atoms with van der Waals surface area (Å²) in [6.07, 6.45) is 0.823. The summed E-state index contributed by atoms with van der Waals surface area (Å²) in [6, 6.07) is 35.9. The highest BCUT2D eigenvalue weighted by Crippen LogP contribution is 2.38. The molecule has 1 heterocycles. The van der Waals surface area contributed by atoms with E-state index in [2.05, 4.69) is 36.5 Å². The number of carbonyl (C=O) groups is 2. The molecule has 37 heavy (non-hydrogen) atoms. The quantitative estimate of drug-likeness (QED) is 0.304. The Morgan fingerprint density at radius 3 is 2.24 bits per heavy atom. The van der Waals surface area contributed by atoms with Gasteiger partial charge in [0.2, 0.25) is 5.91 Å². The third kappa shape index (κ3) is 5.78. The number of amides is 2. The molecule has 5 heteroatoms. The van der Waals surface area contributed by atoms with E-state index >= 15 is 0 Å². The zero-order chi connectivity index (χ0) is 25.6. The minimum absolute atomic E-state index is 0.0302. The largest absolute Gasteiger partial charge is 0.341 e. The number of nitrogens with zero attached hydrogens (tertiary/aromatic N) is 1. The maximum atomic E-state index is 13.3. The van der Waals surface area contributed by atoms with Gasteiger partial charge in [0.15, 0.2) is 0 Å². The number of carbonyl (C=O) groups excluding carboxylic acids is 2. The van der Waals surface area contributed by atoms with Crippen LogP contribution in [0, 0.1) is 6.92 Å². The van der Waals surface area contributed by atoms with Crippen LogP contribution < -0.4 is 5.32 Å². The van der Waals surface area contributed by atoms with Crippen molar-refractivity contribution in [2.24, 2.45) is 0 Å². The fourth-order valence-corrected chi connectivity index (χ4v) is 6.00. The summed E-state index contributed by atoms with van der Waals surface area (Å²) in [5.41, 5.74) is 6.11. The average Bonchev–Trinajstić information content (AvgIpc) is 3.32. The van der Waals surface area contributed by atoms with Gasteiger partial charge in [-0.15, -0.1) is 11.8 Å². The van der Waals surface area contributed by atoms with E-state index in [4.69, 9.17) is 0 Å². The number of nitrogens with one attached hydrogen (secondary N) is 1. The highest BCUT2D eigenvalue weighted by atomic mass is 32.2. The summed E-state index contributed by atoms with van der Waals surface area (Å²) in [5, 5.41) is 3.21. The molecule has 1 aliphatic heterocycles. The van der Waals surface area contributed by atoms with Crippen LogP contribution in [0.3, 0.4) is 0 Å². The predicted octanol–water partition coefficient (Wildman–Crippen LogP) is 6.33. The lowest BCUT2D eigenvalue weighted by molar-refractivity contribution is -0.128. The second-order valence-electron chi connectivity index (χ2n) is 9.28. The summed E-state index contributed by atoms with van der Waals surface area (Å²) in [4.78, 5) is 27.9. The number of benzene rings is 4. The van der Waals surface area contributed by atoms with Crippen LogP contribution in [-0.4, -0.2) is 29.0 Å². The Labute approximate surface area is 222 Å². The SMILES string of the molecule is Cc1ccccc1[C@H](NC(=O)c1ccc([C@@H]2SCC(=O)N2CCc2ccccc2)cc1)c1ccccc1. The molecular formula is C32H30N2O2S. The summed E-state index contributed by atoms with van der Waals surface area (Å²) < 4.78 is 0. The van der Waals surface area contributed by atoms with Crippen LogP contribution in [0.4, 0.5) is 0 Å². The molecule has 1 aliphatic rings. The fraction of sp³-hybridized carbons (Fsp3) is 0.188. The first-order chi connectivity index (χ1) is 18.1. The van der Waals surface area contributed by atoms with Gasteiger partial charge in [0.05, 0.1) is 11.8 Å². The number of hydrogen-bond acceptors (Lipinski definition) is 3. The van der Waals surface area contributed by atoms with Gasteiger partial charge in [0, 0.05) is 12.1 Å². The second-order valence-corrected chi connectivity index (χ2v) is 10.4. The Kier molecular flexibility index (Phi) is 7.71. The van der Waals surface area contributed by atoms with E-state index < -0.39 is 0 Å². The van der Waals surface area contributed by atoms with Gasteiger partial charge in [-0.1, -0.05) is 97.1 Å². The van der Waals surface area contributed by atoms with Crippen LogP contribution in [0.25, 0.3) is 0 Å². The normalized spacial score (nSPS) is 16.0. The molecule has 0 saturated carbocycles. The van der Waals surface area contributed by atoms with Crippen LogP contribution in [0.15, 0.2) is 109 Å². The van der Waals surface area contributed by atoms with E-state index in [1.54, 1.807) is 11.8 Å². The number of aryl methyl sites for hydroxylation is 1. The van der Waals surface area contributed by atoms with E-state index in [1.165, 1.54) is 5.56 Å². The Hall–Kier alpha value is -3.83. The highest BCUT2D eigenvalue weighted by molar-refractivity contribution is 8.00. The minimum atomic E-state index is -0.244. The maximum Gasteiger partial charge on any atom is 0.252 e. The van der Waals surface area contributed by atoms with Gasteiger partial charge in [-0.25, -0.2) is 0 Å². The van der Waals surface area contributed by atoms with Gasteiger partial charge >= 0.3 is 0 Å². The van der Waals surface area contributed by atoms with Crippen LogP contribution in [0.5, 0.6) is 0 Å². The van der Waals surface area contributed by atoms with Crippen molar-refractivity contribution in [3.8, 4) is 0 Å². The van der Waals surface area contributed by atoms with Crippen molar-refractivity contribution >= 4 is 23.6 Å². The lowest BCUT2D eigenvalue weighted by atomic mass is 9.94. The molecule has 4 aromatic carbocycles. The molecule has 4 aromatic rings. The minimum Gasteiger partial charge on any atom is -0.341 e. The average molecular weight is 507 g/mol. The zero-order valence-corrected chi connectivity index (χ0v) is 21.7. The maximum absolute atomic E-state index is 13.3.